The van der Waals surface area contributed by atoms with Gasteiger partial charge in [0.05, 0.1) is 51.3 Å². The first-order valence-corrected chi connectivity index (χ1v) is 21.4. The number of fused-ring (bicyclic) bond motifs is 1. The van der Waals surface area contributed by atoms with Crippen LogP contribution in [0.15, 0.2) is 0 Å². The van der Waals surface area contributed by atoms with Crippen LogP contribution in [0.3, 0.4) is 0 Å². The Balaban J connectivity index is 1.69. The minimum Gasteiger partial charge on any atom is -0.479 e. The number of nitrogens with two attached hydrogens (primary N) is 1. The molecule has 0 aromatic rings. The molecule has 4 fully saturated rings. The second-order valence-electron chi connectivity index (χ2n) is 16.9. The number of rotatable bonds is 23. The summed E-state index contributed by atoms with van der Waals surface area (Å²) in [5.74, 6) is -5.32. The van der Waals surface area contributed by atoms with Crippen LogP contribution in [0.1, 0.15) is 48.0 Å². The van der Waals surface area contributed by atoms with Crippen molar-refractivity contribution in [1.82, 2.24) is 16.0 Å². The Morgan fingerprint density at radius 3 is 1.92 bits per heavy atom. The molecule has 26 nitrogen and oxygen atoms in total. The van der Waals surface area contributed by atoms with Crippen LogP contribution in [-0.2, 0) is 61.8 Å². The molecule has 65 heavy (non-hydrogen) atoms. The molecule has 20 unspecified atom stereocenters. The van der Waals surface area contributed by atoms with Crippen LogP contribution in [0.25, 0.3) is 0 Å². The number of hydrogen-bond donors (Lipinski definition) is 13. The van der Waals surface area contributed by atoms with E-state index in [1.54, 1.807) is 0 Å². The lowest BCUT2D eigenvalue weighted by molar-refractivity contribution is -0.356. The number of ether oxygens (including phenoxy) is 9. The van der Waals surface area contributed by atoms with Crippen molar-refractivity contribution in [2.24, 2.45) is 17.6 Å². The summed E-state index contributed by atoms with van der Waals surface area (Å²) in [6, 6.07) is -4.93. The molecule has 0 aliphatic carbocycles. The predicted octanol–water partition coefficient (Wildman–Crippen LogP) is -6.53. The van der Waals surface area contributed by atoms with Crippen LogP contribution >= 0.6 is 0 Å². The molecule has 0 bridgehead atoms. The summed E-state index contributed by atoms with van der Waals surface area (Å²) in [6.45, 7) is 5.79. The van der Waals surface area contributed by atoms with E-state index >= 15 is 0 Å². The van der Waals surface area contributed by atoms with Crippen LogP contribution in [0.5, 0.6) is 0 Å². The van der Waals surface area contributed by atoms with E-state index in [2.05, 4.69) is 16.0 Å². The van der Waals surface area contributed by atoms with Crippen LogP contribution in [0.4, 0.5) is 0 Å². The topological polar surface area (TPSA) is 396 Å². The molecule has 4 saturated heterocycles. The fraction of sp³-hybridized carbons (Fsp3) is 0.897. The van der Waals surface area contributed by atoms with Crippen LogP contribution in [0, 0.1) is 11.8 Å². The fourth-order valence-corrected chi connectivity index (χ4v) is 8.33. The van der Waals surface area contributed by atoms with E-state index in [4.69, 9.17) is 48.4 Å². The van der Waals surface area contributed by atoms with Gasteiger partial charge in [-0.15, -0.1) is 0 Å². The molecule has 21 atom stereocenters. The van der Waals surface area contributed by atoms with Crippen LogP contribution in [0.2, 0.25) is 0 Å². The first-order chi connectivity index (χ1) is 30.6. The second kappa shape index (κ2) is 24.4. The van der Waals surface area contributed by atoms with Gasteiger partial charge in [0.25, 0.3) is 0 Å². The molecule has 0 aromatic carbocycles. The number of aliphatic carboxylic acids is 1. The number of hydrogen-bond acceptors (Lipinski definition) is 22. The van der Waals surface area contributed by atoms with Gasteiger partial charge in [0, 0.05) is 45.8 Å². The average molecular weight is 945 g/mol. The van der Waals surface area contributed by atoms with Gasteiger partial charge in [0.15, 0.2) is 30.8 Å². The molecular weight excluding hydrogens is 876 g/mol. The molecule has 4 aliphatic heterocycles. The van der Waals surface area contributed by atoms with Gasteiger partial charge in [-0.1, -0.05) is 6.92 Å². The maximum absolute atomic E-state index is 12.9. The minimum atomic E-state index is -2.22. The third-order valence-corrected chi connectivity index (χ3v) is 11.7. The highest BCUT2D eigenvalue weighted by Crippen LogP contribution is 2.45. The molecule has 0 saturated carbocycles. The lowest BCUT2D eigenvalue weighted by Crippen LogP contribution is -2.71. The lowest BCUT2D eigenvalue weighted by atomic mass is 9.86. The highest BCUT2D eigenvalue weighted by Gasteiger charge is 2.61. The zero-order valence-corrected chi connectivity index (χ0v) is 37.1. The van der Waals surface area contributed by atoms with Gasteiger partial charge in [-0.2, -0.15) is 0 Å². The minimum absolute atomic E-state index is 0.000856. The molecule has 4 aliphatic rings. The normalized spacial score (nSPS) is 38.4. The van der Waals surface area contributed by atoms with Gasteiger partial charge in [-0.3, -0.25) is 14.4 Å². The SMILES string of the molecule is CC(=O)NC(C(O)OC1C(O)C(C)OC(OC2C(O)C(CO)OC(OC3C(CO)OC(OCCOCCN)C4C[C@@](C)(C(=O)O)OC43)C2NC(C)=O)C1NC(C)=O)C(O)C(O)C(C)CO. The van der Waals surface area contributed by atoms with E-state index in [1.165, 1.54) is 20.8 Å². The summed E-state index contributed by atoms with van der Waals surface area (Å²) in [7, 11) is 0. The second-order valence-corrected chi connectivity index (χ2v) is 16.9. The molecule has 26 heteroatoms. The predicted molar refractivity (Wildman–Crippen MR) is 214 cm³/mol. The summed E-state index contributed by atoms with van der Waals surface area (Å²) >= 11 is 0. The standard InChI is InChI=1S/C39H68N4O22/c1-15(12-44)26(50)29(53)23(41-17(3)47)34(54)62-32-24(42-18(4)48)36(59-16(2)27(32)51)64-33-25(43-19(5)49)37(60-21(13-45)28(33)52)63-31-22(14-46)61-35(58-10-9-57-8-7-40)20-11-39(6,38(55)56)65-30(20)31/h15-16,20-37,44-46,50-54H,7-14,40H2,1-6H3,(H,41,47)(H,42,48)(H,43,49)(H,55,56)/t15?,16?,20?,21?,22?,23?,24?,25?,26?,27?,28?,29?,30?,31?,32?,33?,34?,35?,36?,37?,39-/m0/s1. The number of aliphatic hydroxyl groups is 8. The van der Waals surface area contributed by atoms with Crippen molar-refractivity contribution in [2.45, 2.75) is 164 Å². The number of aliphatic hydroxyl groups excluding tert-OH is 8. The Morgan fingerprint density at radius 1 is 0.785 bits per heavy atom. The Labute approximate surface area is 374 Å². The summed E-state index contributed by atoms with van der Waals surface area (Å²) in [5, 5.41) is 104. The Morgan fingerprint density at radius 2 is 1.37 bits per heavy atom. The molecule has 376 valence electrons. The highest BCUT2D eigenvalue weighted by molar-refractivity contribution is 5.77. The van der Waals surface area contributed by atoms with Crippen molar-refractivity contribution in [2.75, 3.05) is 46.2 Å². The quantitative estimate of drug-likeness (QED) is 0.0335. The van der Waals surface area contributed by atoms with Crippen molar-refractivity contribution >= 4 is 23.7 Å². The van der Waals surface area contributed by atoms with Crippen molar-refractivity contribution in [1.29, 1.82) is 0 Å². The third-order valence-electron chi connectivity index (χ3n) is 11.7. The third kappa shape index (κ3) is 13.4. The number of amides is 3. The molecule has 0 radical (unpaired) electrons. The lowest BCUT2D eigenvalue weighted by Gasteiger charge is -2.50. The first-order valence-electron chi connectivity index (χ1n) is 21.4. The summed E-state index contributed by atoms with van der Waals surface area (Å²) < 4.78 is 54.1. The zero-order valence-electron chi connectivity index (χ0n) is 37.1. The maximum atomic E-state index is 12.9. The van der Waals surface area contributed by atoms with Crippen molar-refractivity contribution < 1.29 is 108 Å². The van der Waals surface area contributed by atoms with E-state index in [0.717, 1.165) is 20.8 Å². The number of carbonyl (C=O) groups is 4. The summed E-state index contributed by atoms with van der Waals surface area (Å²) in [4.78, 5) is 50.2. The van der Waals surface area contributed by atoms with E-state index in [1.807, 2.05) is 0 Å². The van der Waals surface area contributed by atoms with E-state index in [-0.39, 0.29) is 32.8 Å². The molecular formula is C39H68N4O22. The summed E-state index contributed by atoms with van der Waals surface area (Å²) in [5.41, 5.74) is 3.70. The fourth-order valence-electron chi connectivity index (χ4n) is 8.33. The molecule has 3 amide bonds. The van der Waals surface area contributed by atoms with Crippen molar-refractivity contribution in [3.8, 4) is 0 Å². The smallest absolute Gasteiger partial charge is 0.335 e. The number of carbonyl (C=O) groups excluding carboxylic acids is 3. The van der Waals surface area contributed by atoms with Gasteiger partial charge in [0.1, 0.15) is 67.0 Å². The molecule has 0 aromatic heterocycles. The molecule has 0 spiro atoms. The van der Waals surface area contributed by atoms with Crippen molar-refractivity contribution in [3.05, 3.63) is 0 Å². The van der Waals surface area contributed by atoms with Crippen molar-refractivity contribution in [3.63, 3.8) is 0 Å². The average Bonchev–Trinajstić information content (AvgIpc) is 3.63. The van der Waals surface area contributed by atoms with Gasteiger partial charge < -0.3 is 110 Å². The zero-order chi connectivity index (χ0) is 48.5. The van der Waals surface area contributed by atoms with E-state index < -0.39 is 171 Å². The molecule has 14 N–H and O–H groups in total. The van der Waals surface area contributed by atoms with E-state index in [9.17, 15) is 65.1 Å². The maximum Gasteiger partial charge on any atom is 0.335 e. The van der Waals surface area contributed by atoms with Gasteiger partial charge >= 0.3 is 5.97 Å². The highest BCUT2D eigenvalue weighted by atomic mass is 16.7. The van der Waals surface area contributed by atoms with Gasteiger partial charge in [0.2, 0.25) is 17.7 Å². The molecule has 4 heterocycles. The molecule has 4 rings (SSSR count). The van der Waals surface area contributed by atoms with Gasteiger partial charge in [-0.25, -0.2) is 4.79 Å². The Hall–Kier alpha value is -2.84. The van der Waals surface area contributed by atoms with Crippen LogP contribution < -0.4 is 21.7 Å². The number of carboxylic acid groups (broad SMARTS) is 1. The van der Waals surface area contributed by atoms with Crippen LogP contribution in [-0.4, -0.2) is 232 Å². The number of carboxylic acids is 1. The Kier molecular flexibility index (Phi) is 20.6. The van der Waals surface area contributed by atoms with Gasteiger partial charge in [-0.05, 0) is 20.3 Å². The first kappa shape index (κ1) is 54.8. The Bertz CT molecular complexity index is 1560. The summed E-state index contributed by atoms with van der Waals surface area (Å²) in [6.07, 6.45) is -24.1. The largest absolute Gasteiger partial charge is 0.479 e. The monoisotopic (exact) mass is 944 g/mol. The van der Waals surface area contributed by atoms with E-state index in [0.29, 0.717) is 0 Å². The number of nitrogens with one attached hydrogen (secondary N) is 3.